The van der Waals surface area contributed by atoms with E-state index in [9.17, 15) is 27.7 Å². The highest BCUT2D eigenvalue weighted by molar-refractivity contribution is 9.10. The summed E-state index contributed by atoms with van der Waals surface area (Å²) in [6.45, 7) is 0.275. The lowest BCUT2D eigenvalue weighted by atomic mass is 10.1. The van der Waals surface area contributed by atoms with Crippen molar-refractivity contribution in [3.63, 3.8) is 0 Å². The summed E-state index contributed by atoms with van der Waals surface area (Å²) in [5, 5.41) is 14.3. The number of nitro benzene ring substituents is 1. The lowest BCUT2D eigenvalue weighted by molar-refractivity contribution is -0.385. The van der Waals surface area contributed by atoms with E-state index in [1.807, 2.05) is 0 Å². The molecule has 0 saturated heterocycles. The number of nitrogens with zero attached hydrogens (tertiary/aromatic N) is 1. The Kier molecular flexibility index (Phi) is 7.33. The van der Waals surface area contributed by atoms with Crippen LogP contribution in [0, 0.1) is 15.9 Å². The molecule has 12 heteroatoms. The van der Waals surface area contributed by atoms with Gasteiger partial charge < -0.3 is 14.8 Å². The summed E-state index contributed by atoms with van der Waals surface area (Å²) in [5.74, 6) is -0.731. The fourth-order valence-corrected chi connectivity index (χ4v) is 3.57. The lowest BCUT2D eigenvalue weighted by Gasteiger charge is -2.15. The molecule has 0 aromatic heterocycles. The van der Waals surface area contributed by atoms with Crippen LogP contribution in [-0.4, -0.2) is 12.0 Å². The highest BCUT2D eigenvalue weighted by atomic mass is 79.9. The average molecular weight is 550 g/mol. The number of anilines is 1. The van der Waals surface area contributed by atoms with Crippen molar-refractivity contribution in [2.45, 2.75) is 12.7 Å². The molecule has 0 radical (unpaired) electrons. The van der Waals surface area contributed by atoms with Crippen LogP contribution < -0.4 is 14.8 Å². The van der Waals surface area contributed by atoms with Gasteiger partial charge in [-0.1, -0.05) is 11.6 Å². The zero-order chi connectivity index (χ0) is 24.3. The Morgan fingerprint density at radius 2 is 1.85 bits per heavy atom. The molecule has 0 unspecified atom stereocenters. The number of hydrogen-bond donors (Lipinski definition) is 1. The molecule has 0 aliphatic heterocycles. The predicted molar refractivity (Wildman–Crippen MR) is 118 cm³/mol. The van der Waals surface area contributed by atoms with E-state index in [2.05, 4.69) is 21.2 Å². The SMILES string of the molecule is COc1cc(CNc2ccc(F)c(Cl)c2)cc(Br)c1Oc1ccc(C(F)(F)F)cc1[N+](=O)[O-]. The van der Waals surface area contributed by atoms with Crippen molar-refractivity contribution in [3.8, 4) is 17.2 Å². The van der Waals surface area contributed by atoms with Crippen molar-refractivity contribution in [3.05, 3.63) is 85.1 Å². The second-order valence-electron chi connectivity index (χ2n) is 6.63. The smallest absolute Gasteiger partial charge is 0.416 e. The van der Waals surface area contributed by atoms with Crippen LogP contribution in [0.5, 0.6) is 17.2 Å². The minimum Gasteiger partial charge on any atom is -0.493 e. The second kappa shape index (κ2) is 9.84. The number of nitrogens with one attached hydrogen (secondary N) is 1. The van der Waals surface area contributed by atoms with Gasteiger partial charge in [0.2, 0.25) is 5.75 Å². The van der Waals surface area contributed by atoms with Gasteiger partial charge in [-0.05, 0) is 64.0 Å². The maximum atomic E-state index is 13.3. The maximum Gasteiger partial charge on any atom is 0.416 e. The minimum absolute atomic E-state index is 0.0361. The fourth-order valence-electron chi connectivity index (χ4n) is 2.82. The molecule has 6 nitrogen and oxygen atoms in total. The van der Waals surface area contributed by atoms with Gasteiger partial charge in [0.05, 0.1) is 27.1 Å². The first-order valence-electron chi connectivity index (χ1n) is 9.08. The molecule has 0 aliphatic rings. The monoisotopic (exact) mass is 548 g/mol. The summed E-state index contributed by atoms with van der Waals surface area (Å²) in [4.78, 5) is 10.4. The maximum absolute atomic E-state index is 13.3. The van der Waals surface area contributed by atoms with Crippen LogP contribution in [0.4, 0.5) is 28.9 Å². The van der Waals surface area contributed by atoms with E-state index in [0.717, 1.165) is 6.07 Å². The first-order valence-corrected chi connectivity index (χ1v) is 10.3. The number of hydrogen-bond acceptors (Lipinski definition) is 5. The van der Waals surface area contributed by atoms with Crippen LogP contribution in [-0.2, 0) is 12.7 Å². The van der Waals surface area contributed by atoms with Gasteiger partial charge in [-0.15, -0.1) is 0 Å². The highest BCUT2D eigenvalue weighted by Crippen LogP contribution is 2.43. The summed E-state index contributed by atoms with van der Waals surface area (Å²) in [6.07, 6.45) is -4.75. The molecule has 0 aliphatic carbocycles. The third-order valence-electron chi connectivity index (χ3n) is 4.40. The van der Waals surface area contributed by atoms with Gasteiger partial charge in [-0.25, -0.2) is 4.39 Å². The summed E-state index contributed by atoms with van der Waals surface area (Å²) < 4.78 is 63.3. The van der Waals surface area contributed by atoms with Crippen LogP contribution in [0.3, 0.4) is 0 Å². The second-order valence-corrected chi connectivity index (χ2v) is 7.89. The number of alkyl halides is 3. The van der Waals surface area contributed by atoms with Crippen molar-refractivity contribution in [1.82, 2.24) is 0 Å². The van der Waals surface area contributed by atoms with Gasteiger partial charge in [0.1, 0.15) is 5.82 Å². The zero-order valence-corrected chi connectivity index (χ0v) is 19.0. The molecule has 0 atom stereocenters. The van der Waals surface area contributed by atoms with E-state index < -0.39 is 28.2 Å². The molecule has 0 spiro atoms. The lowest BCUT2D eigenvalue weighted by Crippen LogP contribution is -2.06. The number of halogens is 6. The topological polar surface area (TPSA) is 73.6 Å². The minimum atomic E-state index is -4.75. The van der Waals surface area contributed by atoms with Gasteiger partial charge in [0.25, 0.3) is 0 Å². The Labute approximate surface area is 198 Å². The largest absolute Gasteiger partial charge is 0.493 e. The zero-order valence-electron chi connectivity index (χ0n) is 16.7. The predicted octanol–water partition coefficient (Wildman–Crippen LogP) is 7.58. The van der Waals surface area contributed by atoms with Crippen LogP contribution in [0.25, 0.3) is 0 Å². The van der Waals surface area contributed by atoms with Gasteiger partial charge in [-0.2, -0.15) is 13.2 Å². The molecule has 0 bridgehead atoms. The van der Waals surface area contributed by atoms with Crippen LogP contribution in [0.1, 0.15) is 11.1 Å². The molecule has 1 N–H and O–H groups in total. The summed E-state index contributed by atoms with van der Waals surface area (Å²) in [6, 6.07) is 9.32. The Balaban J connectivity index is 1.88. The quantitative estimate of drug-likeness (QED) is 0.187. The number of methoxy groups -OCH3 is 1. The summed E-state index contributed by atoms with van der Waals surface area (Å²) >= 11 is 9.06. The third-order valence-corrected chi connectivity index (χ3v) is 5.28. The van der Waals surface area contributed by atoms with Crippen molar-refractivity contribution in [2.24, 2.45) is 0 Å². The molecule has 3 rings (SSSR count). The van der Waals surface area contributed by atoms with Crippen molar-refractivity contribution < 1.29 is 32.0 Å². The van der Waals surface area contributed by atoms with E-state index in [-0.39, 0.29) is 28.8 Å². The molecule has 0 saturated carbocycles. The molecule has 174 valence electrons. The molecule has 0 fully saturated rings. The van der Waals surface area contributed by atoms with Crippen molar-refractivity contribution in [1.29, 1.82) is 0 Å². The molecule has 3 aromatic rings. The average Bonchev–Trinajstić information content (AvgIpc) is 2.75. The Morgan fingerprint density at radius 1 is 1.12 bits per heavy atom. The van der Waals surface area contributed by atoms with Crippen LogP contribution >= 0.6 is 27.5 Å². The van der Waals surface area contributed by atoms with Crippen LogP contribution in [0.15, 0.2) is 53.0 Å². The van der Waals surface area contributed by atoms with E-state index in [0.29, 0.717) is 27.9 Å². The number of nitro groups is 1. The normalized spacial score (nSPS) is 11.2. The first kappa shape index (κ1) is 24.6. The first-order chi connectivity index (χ1) is 15.5. The van der Waals surface area contributed by atoms with E-state index in [1.54, 1.807) is 12.1 Å². The van der Waals surface area contributed by atoms with Crippen molar-refractivity contribution >= 4 is 38.9 Å². The molecule has 0 amide bonds. The number of rotatable bonds is 7. The Hall–Kier alpha value is -3.05. The third kappa shape index (κ3) is 5.85. The standard InChI is InChI=1S/C21H14BrClF4N2O4/c1-32-19-7-11(10-28-13-3-4-16(24)15(23)9-13)6-14(22)20(19)33-18-5-2-12(21(25,26)27)8-17(18)29(30)31/h2-9,28H,10H2,1H3. The van der Waals surface area contributed by atoms with Gasteiger partial charge in [-0.3, -0.25) is 10.1 Å². The summed E-state index contributed by atoms with van der Waals surface area (Å²) in [5.41, 5.74) is -0.766. The molecule has 33 heavy (non-hydrogen) atoms. The Bertz CT molecular complexity index is 1210. The fraction of sp³-hybridized carbons (Fsp3) is 0.143. The van der Waals surface area contributed by atoms with Crippen molar-refractivity contribution in [2.75, 3.05) is 12.4 Å². The molecular weight excluding hydrogens is 536 g/mol. The van der Waals surface area contributed by atoms with E-state index in [4.69, 9.17) is 21.1 Å². The highest BCUT2D eigenvalue weighted by Gasteiger charge is 2.33. The molecular formula is C21H14BrClF4N2O4. The van der Waals surface area contributed by atoms with E-state index >= 15 is 0 Å². The Morgan fingerprint density at radius 3 is 2.45 bits per heavy atom. The molecule has 3 aromatic carbocycles. The summed E-state index contributed by atoms with van der Waals surface area (Å²) in [7, 11) is 1.34. The van der Waals surface area contributed by atoms with E-state index in [1.165, 1.54) is 25.3 Å². The van der Waals surface area contributed by atoms with Gasteiger partial charge in [0.15, 0.2) is 11.5 Å². The molecule has 0 heterocycles. The number of ether oxygens (including phenoxy) is 2. The van der Waals surface area contributed by atoms with Crippen LogP contribution in [0.2, 0.25) is 5.02 Å². The van der Waals surface area contributed by atoms with Gasteiger partial charge >= 0.3 is 11.9 Å². The number of benzene rings is 3. The van der Waals surface area contributed by atoms with Gasteiger partial charge in [0, 0.05) is 18.3 Å².